The lowest BCUT2D eigenvalue weighted by Crippen LogP contribution is -2.46. The molecule has 37 heavy (non-hydrogen) atoms. The topological polar surface area (TPSA) is 112 Å². The van der Waals surface area contributed by atoms with E-state index in [4.69, 9.17) is 16.6 Å². The van der Waals surface area contributed by atoms with Crippen LogP contribution < -0.4 is 10.6 Å². The van der Waals surface area contributed by atoms with Gasteiger partial charge in [-0.25, -0.2) is 4.98 Å². The number of nitrogens with zero attached hydrogens (tertiary/aromatic N) is 5. The fourth-order valence-corrected chi connectivity index (χ4v) is 4.89. The number of hydrogen-bond acceptors (Lipinski definition) is 7. The second kappa shape index (κ2) is 10.7. The summed E-state index contributed by atoms with van der Waals surface area (Å²) in [5.74, 6) is 1.21. The van der Waals surface area contributed by atoms with Gasteiger partial charge in [0.15, 0.2) is 11.6 Å². The zero-order valence-corrected chi connectivity index (χ0v) is 21.5. The average Bonchev–Trinajstić information content (AvgIpc) is 3.42. The lowest BCUT2D eigenvalue weighted by molar-refractivity contribution is 0.0939. The number of hydrogen-bond donors (Lipinski definition) is 3. The van der Waals surface area contributed by atoms with Gasteiger partial charge >= 0.3 is 0 Å². The van der Waals surface area contributed by atoms with E-state index in [1.165, 1.54) is 0 Å². The normalized spacial score (nSPS) is 16.2. The molecule has 4 heterocycles. The van der Waals surface area contributed by atoms with Gasteiger partial charge in [-0.2, -0.15) is 5.10 Å². The van der Waals surface area contributed by atoms with Gasteiger partial charge in [-0.05, 0) is 69.3 Å². The van der Waals surface area contributed by atoms with Gasteiger partial charge in [-0.3, -0.25) is 19.9 Å². The van der Waals surface area contributed by atoms with E-state index in [9.17, 15) is 4.79 Å². The van der Waals surface area contributed by atoms with Crippen LogP contribution in [0.3, 0.4) is 0 Å². The molecule has 10 heteroatoms. The SMILES string of the molecule is C[C@H](NC(=O)c1cccc(NC2(c3nc(-c4ccncc4)n[nH]3)CCN(C)CC2)c1)c1ncccc1Cl. The first-order valence-electron chi connectivity index (χ1n) is 12.2. The van der Waals surface area contributed by atoms with E-state index in [-0.39, 0.29) is 11.9 Å². The van der Waals surface area contributed by atoms with Crippen LogP contribution in [0.25, 0.3) is 11.4 Å². The minimum atomic E-state index is -0.450. The van der Waals surface area contributed by atoms with Crippen LogP contribution in [0.5, 0.6) is 0 Å². The Labute approximate surface area is 220 Å². The number of aromatic nitrogens is 5. The molecule has 0 saturated carbocycles. The summed E-state index contributed by atoms with van der Waals surface area (Å²) in [5.41, 5.74) is 2.47. The van der Waals surface area contributed by atoms with Crippen LogP contribution in [-0.2, 0) is 5.54 Å². The van der Waals surface area contributed by atoms with E-state index in [1.807, 2.05) is 37.3 Å². The number of rotatable bonds is 7. The minimum Gasteiger partial charge on any atom is -0.373 e. The van der Waals surface area contributed by atoms with Gasteiger partial charge in [0.25, 0.3) is 5.91 Å². The standard InChI is InChI=1S/C27H29ClN8O/c1-18(23-22(28)7-4-12-30-23)31-25(37)20-5-3-6-21(17-20)33-27(10-15-36(2)16-11-27)26-32-24(34-35-26)19-8-13-29-14-9-19/h3-9,12-14,17-18,33H,10-11,15-16H2,1-2H3,(H,31,37)(H,32,34,35)/t18-/m0/s1. The molecule has 1 saturated heterocycles. The van der Waals surface area contributed by atoms with Crippen molar-refractivity contribution in [1.29, 1.82) is 0 Å². The highest BCUT2D eigenvalue weighted by atomic mass is 35.5. The van der Waals surface area contributed by atoms with Crippen LogP contribution in [0.1, 0.15) is 47.7 Å². The van der Waals surface area contributed by atoms with Crippen molar-refractivity contribution in [2.75, 3.05) is 25.5 Å². The van der Waals surface area contributed by atoms with E-state index in [1.54, 1.807) is 36.8 Å². The van der Waals surface area contributed by atoms with Crippen molar-refractivity contribution in [2.24, 2.45) is 0 Å². The second-order valence-corrected chi connectivity index (χ2v) is 9.81. The summed E-state index contributed by atoms with van der Waals surface area (Å²) in [6.07, 6.45) is 6.79. The van der Waals surface area contributed by atoms with Gasteiger partial charge in [-0.1, -0.05) is 17.7 Å². The number of benzene rings is 1. The highest BCUT2D eigenvalue weighted by Crippen LogP contribution is 2.35. The zero-order chi connectivity index (χ0) is 25.8. The van der Waals surface area contributed by atoms with Crippen molar-refractivity contribution in [3.63, 3.8) is 0 Å². The molecule has 1 aliphatic rings. The molecule has 1 atom stereocenters. The van der Waals surface area contributed by atoms with Crippen molar-refractivity contribution < 1.29 is 4.79 Å². The second-order valence-electron chi connectivity index (χ2n) is 9.40. The average molecular weight is 517 g/mol. The predicted octanol–water partition coefficient (Wildman–Crippen LogP) is 4.44. The Morgan fingerprint density at radius 2 is 1.89 bits per heavy atom. The molecule has 0 bridgehead atoms. The van der Waals surface area contributed by atoms with Crippen LogP contribution in [0.15, 0.2) is 67.1 Å². The first-order chi connectivity index (χ1) is 17.9. The predicted molar refractivity (Wildman–Crippen MR) is 143 cm³/mol. The lowest BCUT2D eigenvalue weighted by Gasteiger charge is -2.40. The van der Waals surface area contributed by atoms with Crippen molar-refractivity contribution in [3.8, 4) is 11.4 Å². The number of likely N-dealkylation sites (tertiary alicyclic amines) is 1. The molecule has 1 amide bonds. The number of H-pyrrole nitrogens is 1. The van der Waals surface area contributed by atoms with Crippen molar-refractivity contribution in [3.05, 3.63) is 89.2 Å². The summed E-state index contributed by atoms with van der Waals surface area (Å²) < 4.78 is 0. The van der Waals surface area contributed by atoms with Gasteiger partial charge in [-0.15, -0.1) is 0 Å². The van der Waals surface area contributed by atoms with Gasteiger partial charge in [0, 0.05) is 48.5 Å². The zero-order valence-electron chi connectivity index (χ0n) is 20.8. The third-order valence-corrected chi connectivity index (χ3v) is 7.09. The number of nitrogens with one attached hydrogen (secondary N) is 3. The molecule has 4 aromatic rings. The third kappa shape index (κ3) is 5.47. The van der Waals surface area contributed by atoms with Gasteiger partial charge < -0.3 is 15.5 Å². The molecule has 0 unspecified atom stereocenters. The third-order valence-electron chi connectivity index (χ3n) is 6.77. The Hall–Kier alpha value is -3.82. The Morgan fingerprint density at radius 1 is 1.11 bits per heavy atom. The van der Waals surface area contributed by atoms with E-state index < -0.39 is 5.54 Å². The molecule has 0 radical (unpaired) electrons. The number of carbonyl (C=O) groups is 1. The summed E-state index contributed by atoms with van der Waals surface area (Å²) in [5, 5.41) is 14.9. The lowest BCUT2D eigenvalue weighted by atomic mass is 9.86. The van der Waals surface area contributed by atoms with Gasteiger partial charge in [0.1, 0.15) is 0 Å². The summed E-state index contributed by atoms with van der Waals surface area (Å²) in [6, 6.07) is 14.5. The first-order valence-corrected chi connectivity index (χ1v) is 12.6. The Balaban J connectivity index is 1.38. The molecule has 3 aromatic heterocycles. The Kier molecular flexibility index (Phi) is 7.16. The van der Waals surface area contributed by atoms with Gasteiger partial charge in [0.2, 0.25) is 0 Å². The monoisotopic (exact) mass is 516 g/mol. The molecule has 190 valence electrons. The van der Waals surface area contributed by atoms with E-state index in [0.717, 1.165) is 43.0 Å². The number of anilines is 1. The highest BCUT2D eigenvalue weighted by Gasteiger charge is 2.38. The smallest absolute Gasteiger partial charge is 0.251 e. The molecule has 1 aliphatic heterocycles. The van der Waals surface area contributed by atoms with E-state index in [2.05, 4.69) is 42.7 Å². The van der Waals surface area contributed by atoms with E-state index in [0.29, 0.717) is 22.1 Å². The van der Waals surface area contributed by atoms with Crippen molar-refractivity contribution in [2.45, 2.75) is 31.3 Å². The first kappa shape index (κ1) is 24.9. The number of aromatic amines is 1. The maximum Gasteiger partial charge on any atom is 0.251 e. The largest absolute Gasteiger partial charge is 0.373 e. The Bertz CT molecular complexity index is 1370. The van der Waals surface area contributed by atoms with Crippen LogP contribution in [0.2, 0.25) is 5.02 Å². The minimum absolute atomic E-state index is 0.199. The Morgan fingerprint density at radius 3 is 2.65 bits per heavy atom. The molecule has 0 aliphatic carbocycles. The van der Waals surface area contributed by atoms with Gasteiger partial charge in [0.05, 0.1) is 22.3 Å². The quantitative estimate of drug-likeness (QED) is 0.333. The summed E-state index contributed by atoms with van der Waals surface area (Å²) in [7, 11) is 2.12. The van der Waals surface area contributed by atoms with Crippen LogP contribution in [0.4, 0.5) is 5.69 Å². The molecule has 1 fully saturated rings. The van der Waals surface area contributed by atoms with Crippen LogP contribution in [0, 0.1) is 0 Å². The number of carbonyl (C=O) groups excluding carboxylic acids is 1. The number of amides is 1. The molecule has 1 aromatic carbocycles. The summed E-state index contributed by atoms with van der Waals surface area (Å²) in [6.45, 7) is 3.67. The molecular weight excluding hydrogens is 488 g/mol. The fraction of sp³-hybridized carbons (Fsp3) is 0.296. The highest BCUT2D eigenvalue weighted by molar-refractivity contribution is 6.31. The van der Waals surface area contributed by atoms with Crippen LogP contribution in [-0.4, -0.2) is 56.1 Å². The maximum absolute atomic E-state index is 13.1. The maximum atomic E-state index is 13.1. The molecule has 9 nitrogen and oxygen atoms in total. The summed E-state index contributed by atoms with van der Waals surface area (Å²) >= 11 is 6.26. The van der Waals surface area contributed by atoms with E-state index >= 15 is 0 Å². The van der Waals surface area contributed by atoms with Crippen LogP contribution >= 0.6 is 11.6 Å². The number of piperidine rings is 1. The number of pyridine rings is 2. The molecule has 5 rings (SSSR count). The number of halogens is 1. The molecular formula is C27H29ClN8O. The van der Waals surface area contributed by atoms with Crippen molar-refractivity contribution >= 4 is 23.2 Å². The summed E-state index contributed by atoms with van der Waals surface area (Å²) in [4.78, 5) is 28.6. The molecule has 0 spiro atoms. The molecule has 3 N–H and O–H groups in total. The van der Waals surface area contributed by atoms with Crippen molar-refractivity contribution in [1.82, 2.24) is 35.4 Å². The fourth-order valence-electron chi connectivity index (χ4n) is 4.61.